The van der Waals surface area contributed by atoms with Crippen molar-refractivity contribution < 1.29 is 0 Å². The third-order valence-corrected chi connectivity index (χ3v) is 3.94. The number of fused-ring (bicyclic) bond motifs is 1. The summed E-state index contributed by atoms with van der Waals surface area (Å²) in [7, 11) is 0. The van der Waals surface area contributed by atoms with Crippen molar-refractivity contribution in [1.82, 2.24) is 4.98 Å². The molecule has 0 bridgehead atoms. The van der Waals surface area contributed by atoms with Crippen LogP contribution in [0.3, 0.4) is 0 Å². The van der Waals surface area contributed by atoms with E-state index in [1.165, 1.54) is 22.1 Å². The molecule has 1 unspecified atom stereocenters. The molecule has 2 N–H and O–H groups in total. The smallest absolute Gasteiger partial charge is 0.0346 e. The monoisotopic (exact) mass is 276 g/mol. The highest BCUT2D eigenvalue weighted by molar-refractivity contribution is 5.85. The SMILES string of the molecule is Cc1cccc(CCC(N)c2cccc3cnccc23)c1. The van der Waals surface area contributed by atoms with E-state index < -0.39 is 0 Å². The number of aromatic nitrogens is 1. The minimum atomic E-state index is 0.0524. The van der Waals surface area contributed by atoms with E-state index in [1.54, 1.807) is 0 Å². The van der Waals surface area contributed by atoms with Gasteiger partial charge in [0.25, 0.3) is 0 Å². The van der Waals surface area contributed by atoms with E-state index in [2.05, 4.69) is 60.4 Å². The number of hydrogen-bond donors (Lipinski definition) is 1. The van der Waals surface area contributed by atoms with Gasteiger partial charge in [0.05, 0.1) is 0 Å². The van der Waals surface area contributed by atoms with E-state index >= 15 is 0 Å². The Balaban J connectivity index is 1.79. The topological polar surface area (TPSA) is 38.9 Å². The van der Waals surface area contributed by atoms with Gasteiger partial charge in [-0.1, -0.05) is 48.0 Å². The third-order valence-electron chi connectivity index (χ3n) is 3.94. The minimum Gasteiger partial charge on any atom is -0.324 e. The Labute approximate surface area is 125 Å². The van der Waals surface area contributed by atoms with E-state index in [1.807, 2.05) is 12.4 Å². The molecule has 0 fully saturated rings. The average molecular weight is 276 g/mol. The zero-order chi connectivity index (χ0) is 14.7. The van der Waals surface area contributed by atoms with Crippen molar-refractivity contribution in [3.8, 4) is 0 Å². The van der Waals surface area contributed by atoms with Crippen LogP contribution in [0.4, 0.5) is 0 Å². The van der Waals surface area contributed by atoms with Crippen LogP contribution in [-0.4, -0.2) is 4.98 Å². The maximum atomic E-state index is 6.43. The van der Waals surface area contributed by atoms with Crippen LogP contribution in [0.1, 0.15) is 29.2 Å². The molecule has 0 aliphatic carbocycles. The van der Waals surface area contributed by atoms with Crippen LogP contribution in [0, 0.1) is 6.92 Å². The van der Waals surface area contributed by atoms with Crippen LogP contribution in [0.5, 0.6) is 0 Å². The van der Waals surface area contributed by atoms with E-state index in [-0.39, 0.29) is 6.04 Å². The highest BCUT2D eigenvalue weighted by Crippen LogP contribution is 2.25. The molecule has 0 radical (unpaired) electrons. The molecule has 3 aromatic rings. The van der Waals surface area contributed by atoms with Crippen molar-refractivity contribution >= 4 is 10.8 Å². The Kier molecular flexibility index (Phi) is 3.98. The molecule has 106 valence electrons. The second-order valence-electron chi connectivity index (χ2n) is 5.58. The maximum absolute atomic E-state index is 6.43. The molecule has 0 amide bonds. The molecule has 2 nitrogen and oxygen atoms in total. The maximum Gasteiger partial charge on any atom is 0.0346 e. The van der Waals surface area contributed by atoms with E-state index in [0.717, 1.165) is 18.2 Å². The minimum absolute atomic E-state index is 0.0524. The highest BCUT2D eigenvalue weighted by atomic mass is 14.6. The zero-order valence-corrected chi connectivity index (χ0v) is 12.3. The van der Waals surface area contributed by atoms with Gasteiger partial charge in [-0.15, -0.1) is 0 Å². The summed E-state index contributed by atoms with van der Waals surface area (Å²) in [5, 5.41) is 2.37. The van der Waals surface area contributed by atoms with Gasteiger partial charge in [-0.3, -0.25) is 4.98 Å². The molecule has 1 aromatic heterocycles. The fourth-order valence-corrected chi connectivity index (χ4v) is 2.82. The first-order chi connectivity index (χ1) is 10.2. The van der Waals surface area contributed by atoms with Gasteiger partial charge >= 0.3 is 0 Å². The Morgan fingerprint density at radius 2 is 1.95 bits per heavy atom. The first-order valence-electron chi connectivity index (χ1n) is 7.38. The summed E-state index contributed by atoms with van der Waals surface area (Å²) in [5.74, 6) is 0. The molecule has 21 heavy (non-hydrogen) atoms. The second-order valence-corrected chi connectivity index (χ2v) is 5.58. The number of nitrogens with two attached hydrogens (primary N) is 1. The summed E-state index contributed by atoms with van der Waals surface area (Å²) in [6.07, 6.45) is 5.68. The van der Waals surface area contributed by atoms with Gasteiger partial charge in [-0.2, -0.15) is 0 Å². The van der Waals surface area contributed by atoms with Crippen molar-refractivity contribution in [2.24, 2.45) is 5.73 Å². The second kappa shape index (κ2) is 6.06. The molecule has 2 heteroatoms. The molecule has 0 aliphatic heterocycles. The van der Waals surface area contributed by atoms with Gasteiger partial charge in [-0.25, -0.2) is 0 Å². The first kappa shape index (κ1) is 13.8. The number of nitrogens with zero attached hydrogens (tertiary/aromatic N) is 1. The van der Waals surface area contributed by atoms with Crippen LogP contribution in [-0.2, 0) is 6.42 Å². The van der Waals surface area contributed by atoms with Crippen molar-refractivity contribution in [2.45, 2.75) is 25.8 Å². The zero-order valence-electron chi connectivity index (χ0n) is 12.3. The fraction of sp³-hybridized carbons (Fsp3) is 0.211. The van der Waals surface area contributed by atoms with Crippen LogP contribution >= 0.6 is 0 Å². The van der Waals surface area contributed by atoms with Gasteiger partial charge < -0.3 is 5.73 Å². The molecular weight excluding hydrogens is 256 g/mol. The van der Waals surface area contributed by atoms with Gasteiger partial charge in [-0.05, 0) is 42.3 Å². The molecular formula is C19H20N2. The largest absolute Gasteiger partial charge is 0.324 e. The van der Waals surface area contributed by atoms with E-state index in [9.17, 15) is 0 Å². The normalized spacial score (nSPS) is 12.5. The third kappa shape index (κ3) is 3.11. The molecule has 2 aromatic carbocycles. The number of aryl methyl sites for hydroxylation is 2. The number of rotatable bonds is 4. The highest BCUT2D eigenvalue weighted by Gasteiger charge is 2.10. The lowest BCUT2D eigenvalue weighted by Gasteiger charge is -2.15. The standard InChI is InChI=1S/C19H20N2/c1-14-4-2-5-15(12-14)8-9-19(20)18-7-3-6-16-13-21-11-10-17(16)18/h2-7,10-13,19H,8-9,20H2,1H3. The van der Waals surface area contributed by atoms with Gasteiger partial charge in [0, 0.05) is 23.8 Å². The van der Waals surface area contributed by atoms with Crippen LogP contribution in [0.25, 0.3) is 10.8 Å². The van der Waals surface area contributed by atoms with Crippen LogP contribution in [0.15, 0.2) is 60.9 Å². The van der Waals surface area contributed by atoms with E-state index in [4.69, 9.17) is 5.73 Å². The predicted molar refractivity (Wildman–Crippen MR) is 88.2 cm³/mol. The Morgan fingerprint density at radius 3 is 2.81 bits per heavy atom. The molecule has 0 spiro atoms. The summed E-state index contributed by atoms with van der Waals surface area (Å²) in [6.45, 7) is 2.13. The molecule has 0 aliphatic rings. The number of pyridine rings is 1. The Hall–Kier alpha value is -2.19. The number of benzene rings is 2. The van der Waals surface area contributed by atoms with Gasteiger partial charge in [0.15, 0.2) is 0 Å². The summed E-state index contributed by atoms with van der Waals surface area (Å²) >= 11 is 0. The summed E-state index contributed by atoms with van der Waals surface area (Å²) in [4.78, 5) is 4.18. The Morgan fingerprint density at radius 1 is 1.10 bits per heavy atom. The Bertz CT molecular complexity index is 744. The van der Waals surface area contributed by atoms with Crippen molar-refractivity contribution in [3.05, 3.63) is 77.6 Å². The first-order valence-corrected chi connectivity index (χ1v) is 7.38. The predicted octanol–water partition coefficient (Wildman–Crippen LogP) is 4.18. The average Bonchev–Trinajstić information content (AvgIpc) is 2.52. The van der Waals surface area contributed by atoms with Gasteiger partial charge in [0.1, 0.15) is 0 Å². The summed E-state index contributed by atoms with van der Waals surface area (Å²) in [5.41, 5.74) is 10.3. The van der Waals surface area contributed by atoms with Crippen LogP contribution in [0.2, 0.25) is 0 Å². The molecule has 0 saturated carbocycles. The van der Waals surface area contributed by atoms with Crippen LogP contribution < -0.4 is 5.73 Å². The lowest BCUT2D eigenvalue weighted by molar-refractivity contribution is 0.655. The van der Waals surface area contributed by atoms with Crippen molar-refractivity contribution in [1.29, 1.82) is 0 Å². The molecule has 1 heterocycles. The number of hydrogen-bond acceptors (Lipinski definition) is 2. The van der Waals surface area contributed by atoms with E-state index in [0.29, 0.717) is 0 Å². The molecule has 3 rings (SSSR count). The van der Waals surface area contributed by atoms with Gasteiger partial charge in [0.2, 0.25) is 0 Å². The molecule has 0 saturated heterocycles. The lowest BCUT2D eigenvalue weighted by atomic mass is 9.95. The summed E-state index contributed by atoms with van der Waals surface area (Å²) < 4.78 is 0. The van der Waals surface area contributed by atoms with Crippen molar-refractivity contribution in [2.75, 3.05) is 0 Å². The summed E-state index contributed by atoms with van der Waals surface area (Å²) in [6, 6.07) is 17.0. The fourth-order valence-electron chi connectivity index (χ4n) is 2.82. The quantitative estimate of drug-likeness (QED) is 0.776. The van der Waals surface area contributed by atoms with Crippen molar-refractivity contribution in [3.63, 3.8) is 0 Å². The molecule has 1 atom stereocenters. The lowest BCUT2D eigenvalue weighted by Crippen LogP contribution is -2.12.